The molecule has 21 heavy (non-hydrogen) atoms. The van der Waals surface area contributed by atoms with Gasteiger partial charge < -0.3 is 4.90 Å². The first kappa shape index (κ1) is 20.9. The van der Waals surface area contributed by atoms with E-state index in [2.05, 4.69) is 18.7 Å². The van der Waals surface area contributed by atoms with Crippen molar-refractivity contribution in [1.82, 2.24) is 4.90 Å². The predicted molar refractivity (Wildman–Crippen MR) is 90.4 cm³/mol. The van der Waals surface area contributed by atoms with Gasteiger partial charge in [-0.05, 0) is 39.3 Å². The predicted octanol–water partition coefficient (Wildman–Crippen LogP) is 4.12. The summed E-state index contributed by atoms with van der Waals surface area (Å²) < 4.78 is 25.9. The van der Waals surface area contributed by atoms with E-state index in [1.54, 1.807) is 0 Å². The lowest BCUT2D eigenvalue weighted by Gasteiger charge is -2.33. The zero-order valence-electron chi connectivity index (χ0n) is 14.2. The lowest BCUT2D eigenvalue weighted by molar-refractivity contribution is 0.157. The molecule has 0 bridgehead atoms. The van der Waals surface area contributed by atoms with Gasteiger partial charge in [-0.2, -0.15) is 8.42 Å². The fraction of sp³-hybridized carbons (Fsp3) is 1.00. The Morgan fingerprint density at radius 3 is 2.10 bits per heavy atom. The Hall–Kier alpha value is -0.130. The smallest absolute Gasteiger partial charge is 0.261 e. The summed E-state index contributed by atoms with van der Waals surface area (Å²) in [6, 6.07) is 0.855. The number of nitrogens with zero attached hydrogens (tertiary/aromatic N) is 1. The molecule has 1 atom stereocenters. The highest BCUT2D eigenvalue weighted by molar-refractivity contribution is 7.85. The molecule has 4 nitrogen and oxygen atoms in total. The van der Waals surface area contributed by atoms with Gasteiger partial charge in [-0.1, -0.05) is 51.9 Å². The van der Waals surface area contributed by atoms with E-state index in [1.807, 2.05) is 0 Å². The lowest BCUT2D eigenvalue weighted by atomic mass is 10.0. The van der Waals surface area contributed by atoms with E-state index in [4.69, 9.17) is 4.55 Å². The SMILES string of the molecule is CCCCCCCCCN1CCCCC1C.CS(=O)(=O)O. The van der Waals surface area contributed by atoms with Crippen LogP contribution in [0.5, 0.6) is 0 Å². The van der Waals surface area contributed by atoms with Gasteiger partial charge in [-0.15, -0.1) is 0 Å². The molecular formula is C16H35NO3S. The first-order chi connectivity index (χ1) is 9.84. The summed E-state index contributed by atoms with van der Waals surface area (Å²) in [6.07, 6.45) is 15.1. The van der Waals surface area contributed by atoms with Crippen LogP contribution in [0.15, 0.2) is 0 Å². The van der Waals surface area contributed by atoms with Crippen LogP contribution < -0.4 is 0 Å². The summed E-state index contributed by atoms with van der Waals surface area (Å²) >= 11 is 0. The van der Waals surface area contributed by atoms with E-state index in [0.717, 1.165) is 6.04 Å². The van der Waals surface area contributed by atoms with E-state index >= 15 is 0 Å². The van der Waals surface area contributed by atoms with Crippen LogP contribution in [-0.4, -0.2) is 43.3 Å². The van der Waals surface area contributed by atoms with Crippen LogP contribution in [0.25, 0.3) is 0 Å². The van der Waals surface area contributed by atoms with E-state index in [1.165, 1.54) is 77.3 Å². The summed E-state index contributed by atoms with van der Waals surface area (Å²) in [5.41, 5.74) is 0. The minimum atomic E-state index is -3.67. The van der Waals surface area contributed by atoms with Crippen molar-refractivity contribution in [3.8, 4) is 0 Å². The fourth-order valence-corrected chi connectivity index (χ4v) is 2.76. The normalized spacial score (nSPS) is 19.9. The second-order valence-electron chi connectivity index (χ2n) is 6.24. The van der Waals surface area contributed by atoms with Gasteiger partial charge >= 0.3 is 0 Å². The zero-order chi connectivity index (χ0) is 16.1. The Kier molecular flexibility index (Phi) is 12.3. The summed E-state index contributed by atoms with van der Waals surface area (Å²) in [7, 11) is -3.67. The minimum absolute atomic E-state index is 0.715. The number of hydrogen-bond donors (Lipinski definition) is 1. The van der Waals surface area contributed by atoms with Gasteiger partial charge in [-0.3, -0.25) is 4.55 Å². The summed E-state index contributed by atoms with van der Waals surface area (Å²) in [6.45, 7) is 7.41. The largest absolute Gasteiger partial charge is 0.301 e. The molecule has 1 aliphatic rings. The highest BCUT2D eigenvalue weighted by atomic mass is 32.2. The second kappa shape index (κ2) is 12.4. The van der Waals surface area contributed by atoms with Gasteiger partial charge in [0.15, 0.2) is 0 Å². The average Bonchev–Trinajstić information content (AvgIpc) is 2.38. The standard InChI is InChI=1S/C15H31N.CH4O3S/c1-3-4-5-6-7-8-10-13-16-14-11-9-12-15(16)2;1-5(2,3)4/h15H,3-14H2,1-2H3;1H3,(H,2,3,4). The molecule has 0 saturated carbocycles. The van der Waals surface area contributed by atoms with Gasteiger partial charge in [0.25, 0.3) is 10.1 Å². The Bertz CT molecular complexity index is 322. The van der Waals surface area contributed by atoms with Crippen molar-refractivity contribution in [3.05, 3.63) is 0 Å². The van der Waals surface area contributed by atoms with Gasteiger partial charge in [0.1, 0.15) is 0 Å². The maximum absolute atomic E-state index is 9.19. The maximum atomic E-state index is 9.19. The van der Waals surface area contributed by atoms with Gasteiger partial charge in [0, 0.05) is 6.04 Å². The van der Waals surface area contributed by atoms with Crippen molar-refractivity contribution >= 4 is 10.1 Å². The lowest BCUT2D eigenvalue weighted by Crippen LogP contribution is -2.37. The third-order valence-electron chi connectivity index (χ3n) is 3.99. The number of piperidine rings is 1. The van der Waals surface area contributed by atoms with Gasteiger partial charge in [0.05, 0.1) is 6.26 Å². The van der Waals surface area contributed by atoms with Crippen molar-refractivity contribution < 1.29 is 13.0 Å². The topological polar surface area (TPSA) is 57.6 Å². The third-order valence-corrected chi connectivity index (χ3v) is 3.99. The highest BCUT2D eigenvalue weighted by Gasteiger charge is 2.16. The third kappa shape index (κ3) is 16.1. The van der Waals surface area contributed by atoms with Crippen molar-refractivity contribution in [2.45, 2.75) is 84.1 Å². The van der Waals surface area contributed by atoms with Crippen LogP contribution in [0, 0.1) is 0 Å². The molecule has 1 rings (SSSR count). The molecule has 1 unspecified atom stereocenters. The summed E-state index contributed by atoms with van der Waals surface area (Å²) in [5.74, 6) is 0. The van der Waals surface area contributed by atoms with Crippen molar-refractivity contribution in [1.29, 1.82) is 0 Å². The summed E-state index contributed by atoms with van der Waals surface area (Å²) in [5, 5.41) is 0. The first-order valence-electron chi connectivity index (χ1n) is 8.51. The molecule has 5 heteroatoms. The minimum Gasteiger partial charge on any atom is -0.301 e. The molecule has 128 valence electrons. The maximum Gasteiger partial charge on any atom is 0.261 e. The number of likely N-dealkylation sites (tertiary alicyclic amines) is 1. The molecule has 1 N–H and O–H groups in total. The average molecular weight is 322 g/mol. The molecule has 1 aliphatic heterocycles. The molecule has 0 aromatic rings. The Labute approximate surface area is 132 Å². The Morgan fingerprint density at radius 1 is 1.05 bits per heavy atom. The van der Waals surface area contributed by atoms with E-state index in [0.29, 0.717) is 6.26 Å². The van der Waals surface area contributed by atoms with Crippen LogP contribution in [0.1, 0.15) is 78.1 Å². The summed E-state index contributed by atoms with van der Waals surface area (Å²) in [4.78, 5) is 2.70. The van der Waals surface area contributed by atoms with E-state index in [-0.39, 0.29) is 0 Å². The molecule has 1 saturated heterocycles. The van der Waals surface area contributed by atoms with Crippen LogP contribution in [0.4, 0.5) is 0 Å². The van der Waals surface area contributed by atoms with Crippen LogP contribution >= 0.6 is 0 Å². The molecule has 0 aliphatic carbocycles. The molecule has 1 fully saturated rings. The Balaban J connectivity index is 0.000000690. The molecule has 0 aromatic carbocycles. The van der Waals surface area contributed by atoms with E-state index < -0.39 is 10.1 Å². The van der Waals surface area contributed by atoms with Crippen LogP contribution in [0.2, 0.25) is 0 Å². The van der Waals surface area contributed by atoms with Crippen LogP contribution in [0.3, 0.4) is 0 Å². The second-order valence-corrected chi connectivity index (χ2v) is 7.70. The van der Waals surface area contributed by atoms with E-state index in [9.17, 15) is 8.42 Å². The molecule has 0 aromatic heterocycles. The highest BCUT2D eigenvalue weighted by Crippen LogP contribution is 2.17. The van der Waals surface area contributed by atoms with Crippen molar-refractivity contribution in [2.24, 2.45) is 0 Å². The fourth-order valence-electron chi connectivity index (χ4n) is 2.76. The van der Waals surface area contributed by atoms with Crippen molar-refractivity contribution in [3.63, 3.8) is 0 Å². The van der Waals surface area contributed by atoms with Crippen molar-refractivity contribution in [2.75, 3.05) is 19.3 Å². The zero-order valence-corrected chi connectivity index (χ0v) is 15.0. The number of rotatable bonds is 8. The molecule has 0 amide bonds. The first-order valence-corrected chi connectivity index (χ1v) is 10.4. The molecule has 1 heterocycles. The molecule has 0 radical (unpaired) electrons. The molecular weight excluding hydrogens is 286 g/mol. The Morgan fingerprint density at radius 2 is 1.57 bits per heavy atom. The molecule has 0 spiro atoms. The van der Waals surface area contributed by atoms with Gasteiger partial charge in [0.2, 0.25) is 0 Å². The van der Waals surface area contributed by atoms with Gasteiger partial charge in [-0.25, -0.2) is 0 Å². The quantitative estimate of drug-likeness (QED) is 0.540. The number of hydrogen-bond acceptors (Lipinski definition) is 3. The number of unbranched alkanes of at least 4 members (excludes halogenated alkanes) is 6. The van der Waals surface area contributed by atoms with Crippen LogP contribution in [-0.2, 0) is 10.1 Å². The monoisotopic (exact) mass is 321 g/mol.